The molecule has 1 amide bonds. The predicted molar refractivity (Wildman–Crippen MR) is 83.2 cm³/mol. The molecule has 1 fully saturated rings. The van der Waals surface area contributed by atoms with Crippen molar-refractivity contribution in [2.45, 2.75) is 18.9 Å². The highest BCUT2D eigenvalue weighted by molar-refractivity contribution is 6.42. The lowest BCUT2D eigenvalue weighted by Gasteiger charge is -2.23. The summed E-state index contributed by atoms with van der Waals surface area (Å²) in [5.74, 6) is 0.424. The number of piperidine rings is 1. The van der Waals surface area contributed by atoms with Gasteiger partial charge in [-0.15, -0.1) is 12.4 Å². The molecule has 2 N–H and O–H groups in total. The van der Waals surface area contributed by atoms with Gasteiger partial charge in [-0.2, -0.15) is 0 Å². The second kappa shape index (κ2) is 8.57. The molecule has 1 aromatic carbocycles. The highest BCUT2D eigenvalue weighted by Crippen LogP contribution is 2.26. The zero-order chi connectivity index (χ0) is 13.7. The van der Waals surface area contributed by atoms with Crippen molar-refractivity contribution in [2.75, 3.05) is 19.7 Å². The minimum Gasteiger partial charge on any atom is -0.484 e. The third-order valence-electron chi connectivity index (χ3n) is 2.97. The monoisotopic (exact) mass is 338 g/mol. The number of rotatable bonds is 4. The first-order valence-corrected chi connectivity index (χ1v) is 6.98. The van der Waals surface area contributed by atoms with Crippen LogP contribution < -0.4 is 15.4 Å². The number of amides is 1. The summed E-state index contributed by atoms with van der Waals surface area (Å²) in [6.07, 6.45) is 1.91. The molecule has 0 unspecified atom stereocenters. The van der Waals surface area contributed by atoms with E-state index in [4.69, 9.17) is 27.9 Å². The van der Waals surface area contributed by atoms with Crippen molar-refractivity contribution < 1.29 is 9.53 Å². The number of carbonyl (C=O) groups excluding carboxylic acids is 1. The number of nitrogens with one attached hydrogen (secondary N) is 2. The van der Waals surface area contributed by atoms with Gasteiger partial charge in [-0.3, -0.25) is 4.79 Å². The SMILES string of the molecule is Cl.O=C(COc1ccc(Cl)c(Cl)c1)NC1CCNCC1. The van der Waals surface area contributed by atoms with E-state index in [1.54, 1.807) is 18.2 Å². The summed E-state index contributed by atoms with van der Waals surface area (Å²) in [6, 6.07) is 5.17. The van der Waals surface area contributed by atoms with E-state index in [2.05, 4.69) is 10.6 Å². The van der Waals surface area contributed by atoms with Crippen LogP contribution in [0.15, 0.2) is 18.2 Å². The van der Waals surface area contributed by atoms with Crippen LogP contribution in [-0.2, 0) is 4.79 Å². The Kier molecular flexibility index (Phi) is 7.45. The molecule has 1 aliphatic rings. The van der Waals surface area contributed by atoms with Crippen molar-refractivity contribution >= 4 is 41.5 Å². The fourth-order valence-corrected chi connectivity index (χ4v) is 2.24. The topological polar surface area (TPSA) is 50.4 Å². The molecule has 0 spiro atoms. The largest absolute Gasteiger partial charge is 0.484 e. The Morgan fingerprint density at radius 1 is 1.30 bits per heavy atom. The molecule has 0 bridgehead atoms. The fourth-order valence-electron chi connectivity index (χ4n) is 1.95. The van der Waals surface area contributed by atoms with Gasteiger partial charge in [0.15, 0.2) is 6.61 Å². The van der Waals surface area contributed by atoms with Crippen molar-refractivity contribution in [3.8, 4) is 5.75 Å². The van der Waals surface area contributed by atoms with Crippen molar-refractivity contribution in [1.82, 2.24) is 10.6 Å². The third-order valence-corrected chi connectivity index (χ3v) is 3.70. The van der Waals surface area contributed by atoms with Gasteiger partial charge in [-0.25, -0.2) is 0 Å². The van der Waals surface area contributed by atoms with Crippen molar-refractivity contribution in [3.05, 3.63) is 28.2 Å². The maximum atomic E-state index is 11.7. The smallest absolute Gasteiger partial charge is 0.258 e. The van der Waals surface area contributed by atoms with Gasteiger partial charge in [-0.05, 0) is 38.1 Å². The fraction of sp³-hybridized carbons (Fsp3) is 0.462. The van der Waals surface area contributed by atoms with Gasteiger partial charge in [0.25, 0.3) is 5.91 Å². The molecule has 0 aromatic heterocycles. The lowest BCUT2D eigenvalue weighted by atomic mass is 10.1. The van der Waals surface area contributed by atoms with Gasteiger partial charge in [0.05, 0.1) is 10.0 Å². The Balaban J connectivity index is 0.00000200. The summed E-state index contributed by atoms with van der Waals surface area (Å²) in [7, 11) is 0. The Morgan fingerprint density at radius 3 is 2.65 bits per heavy atom. The Bertz CT molecular complexity index is 451. The summed E-state index contributed by atoms with van der Waals surface area (Å²) >= 11 is 11.7. The number of hydrogen-bond acceptors (Lipinski definition) is 3. The number of benzene rings is 1. The van der Waals surface area contributed by atoms with Gasteiger partial charge in [0.1, 0.15) is 5.75 Å². The molecule has 7 heteroatoms. The molecule has 0 saturated carbocycles. The van der Waals surface area contributed by atoms with Crippen LogP contribution in [0.2, 0.25) is 10.0 Å². The van der Waals surface area contributed by atoms with Crippen LogP contribution >= 0.6 is 35.6 Å². The van der Waals surface area contributed by atoms with E-state index in [9.17, 15) is 4.79 Å². The first-order chi connectivity index (χ1) is 9.15. The number of ether oxygens (including phenoxy) is 1. The minimum absolute atomic E-state index is 0. The van der Waals surface area contributed by atoms with Crippen molar-refractivity contribution in [1.29, 1.82) is 0 Å². The highest BCUT2D eigenvalue weighted by atomic mass is 35.5. The Hall–Kier alpha value is -0.680. The lowest BCUT2D eigenvalue weighted by Crippen LogP contribution is -2.44. The Labute approximate surface area is 134 Å². The van der Waals surface area contributed by atoms with Gasteiger partial charge in [-0.1, -0.05) is 23.2 Å². The quantitative estimate of drug-likeness (QED) is 0.887. The molecular weight excluding hydrogens is 323 g/mol. The van der Waals surface area contributed by atoms with E-state index >= 15 is 0 Å². The zero-order valence-electron chi connectivity index (χ0n) is 10.8. The van der Waals surface area contributed by atoms with E-state index in [1.165, 1.54) is 0 Å². The zero-order valence-corrected chi connectivity index (χ0v) is 13.2. The predicted octanol–water partition coefficient (Wildman–Crippen LogP) is 2.66. The molecule has 2 rings (SSSR count). The lowest BCUT2D eigenvalue weighted by molar-refractivity contribution is -0.123. The van der Waals surface area contributed by atoms with Crippen LogP contribution in [-0.4, -0.2) is 31.6 Å². The molecule has 112 valence electrons. The molecule has 1 aromatic rings. The number of hydrogen-bond donors (Lipinski definition) is 2. The van der Waals surface area contributed by atoms with E-state index in [0.717, 1.165) is 25.9 Å². The van der Waals surface area contributed by atoms with Crippen LogP contribution in [0.5, 0.6) is 5.75 Å². The number of halogens is 3. The van der Waals surface area contributed by atoms with Gasteiger partial charge < -0.3 is 15.4 Å². The molecule has 0 radical (unpaired) electrons. The maximum absolute atomic E-state index is 11.7. The second-order valence-corrected chi connectivity index (χ2v) is 5.27. The molecule has 4 nitrogen and oxygen atoms in total. The maximum Gasteiger partial charge on any atom is 0.258 e. The molecule has 20 heavy (non-hydrogen) atoms. The third kappa shape index (κ3) is 5.37. The van der Waals surface area contributed by atoms with E-state index in [-0.39, 0.29) is 31.0 Å². The Morgan fingerprint density at radius 2 is 2.00 bits per heavy atom. The average Bonchev–Trinajstić information content (AvgIpc) is 2.41. The summed E-state index contributed by atoms with van der Waals surface area (Å²) < 4.78 is 5.37. The summed E-state index contributed by atoms with van der Waals surface area (Å²) in [6.45, 7) is 1.87. The van der Waals surface area contributed by atoms with Gasteiger partial charge in [0.2, 0.25) is 0 Å². The van der Waals surface area contributed by atoms with Gasteiger partial charge >= 0.3 is 0 Å². The molecule has 1 aliphatic heterocycles. The molecule has 0 aliphatic carbocycles. The van der Waals surface area contributed by atoms with Crippen LogP contribution in [0.1, 0.15) is 12.8 Å². The van der Waals surface area contributed by atoms with Crippen LogP contribution in [0.25, 0.3) is 0 Å². The first-order valence-electron chi connectivity index (χ1n) is 6.23. The van der Waals surface area contributed by atoms with E-state index < -0.39 is 0 Å². The molecule has 1 saturated heterocycles. The van der Waals surface area contributed by atoms with E-state index in [1.807, 2.05) is 0 Å². The van der Waals surface area contributed by atoms with Crippen molar-refractivity contribution in [2.24, 2.45) is 0 Å². The van der Waals surface area contributed by atoms with Crippen molar-refractivity contribution in [3.63, 3.8) is 0 Å². The molecule has 0 atom stereocenters. The summed E-state index contributed by atoms with van der Waals surface area (Å²) in [4.78, 5) is 11.7. The van der Waals surface area contributed by atoms with Gasteiger partial charge in [0, 0.05) is 12.1 Å². The summed E-state index contributed by atoms with van der Waals surface area (Å²) in [5, 5.41) is 7.08. The average molecular weight is 340 g/mol. The summed E-state index contributed by atoms with van der Waals surface area (Å²) in [5.41, 5.74) is 0. The highest BCUT2D eigenvalue weighted by Gasteiger charge is 2.15. The van der Waals surface area contributed by atoms with Crippen LogP contribution in [0.3, 0.4) is 0 Å². The normalized spacial score (nSPS) is 15.3. The van der Waals surface area contributed by atoms with Crippen LogP contribution in [0, 0.1) is 0 Å². The minimum atomic E-state index is -0.113. The standard InChI is InChI=1S/C13H16Cl2N2O2.ClH/c14-11-2-1-10(7-12(11)15)19-8-13(18)17-9-3-5-16-6-4-9;/h1-2,7,9,16H,3-6,8H2,(H,17,18);1H. The first kappa shape index (κ1) is 17.4. The van der Waals surface area contributed by atoms with E-state index in [0.29, 0.717) is 15.8 Å². The van der Waals surface area contributed by atoms with Crippen LogP contribution in [0.4, 0.5) is 0 Å². The molecule has 1 heterocycles. The second-order valence-electron chi connectivity index (χ2n) is 4.46. The number of carbonyl (C=O) groups is 1. The molecular formula is C13H17Cl3N2O2.